The van der Waals surface area contributed by atoms with E-state index in [1.165, 1.54) is 5.56 Å². The molecule has 0 amide bonds. The van der Waals surface area contributed by atoms with E-state index >= 15 is 0 Å². The molecule has 3 rings (SSSR count). The van der Waals surface area contributed by atoms with Gasteiger partial charge in [0.1, 0.15) is 11.5 Å². The number of carbonyl (C=O) groups excluding carboxylic acids is 1. The maximum Gasteiger partial charge on any atom is 0.137 e. The van der Waals surface area contributed by atoms with Crippen molar-refractivity contribution < 1.29 is 9.90 Å². The van der Waals surface area contributed by atoms with Crippen LogP contribution in [0.2, 0.25) is 0 Å². The summed E-state index contributed by atoms with van der Waals surface area (Å²) >= 11 is 0. The van der Waals surface area contributed by atoms with Gasteiger partial charge in [0.15, 0.2) is 0 Å². The number of ketones is 1. The number of aromatic hydroxyl groups is 1. The zero-order chi connectivity index (χ0) is 16.8. The van der Waals surface area contributed by atoms with E-state index < -0.39 is 0 Å². The van der Waals surface area contributed by atoms with E-state index in [0.717, 1.165) is 23.1 Å². The number of hydrogen-bond acceptors (Lipinski definition) is 2. The maximum atomic E-state index is 12.2. The molecule has 0 saturated heterocycles. The Morgan fingerprint density at radius 3 is 1.92 bits per heavy atom. The van der Waals surface area contributed by atoms with Crippen LogP contribution < -0.4 is 0 Å². The quantitative estimate of drug-likeness (QED) is 0.709. The monoisotopic (exact) mass is 316 g/mol. The molecule has 0 atom stereocenters. The van der Waals surface area contributed by atoms with Crippen LogP contribution in [0.1, 0.15) is 17.5 Å². The minimum atomic E-state index is 0.260. The molecule has 3 aromatic carbocycles. The Morgan fingerprint density at radius 2 is 1.29 bits per heavy atom. The van der Waals surface area contributed by atoms with Crippen molar-refractivity contribution in [2.45, 2.75) is 19.3 Å². The summed E-state index contributed by atoms with van der Waals surface area (Å²) in [5.74, 6) is 0.524. The Kier molecular flexibility index (Phi) is 5.07. The van der Waals surface area contributed by atoms with Crippen molar-refractivity contribution in [2.24, 2.45) is 0 Å². The smallest absolute Gasteiger partial charge is 0.137 e. The fourth-order valence-corrected chi connectivity index (χ4v) is 2.71. The molecular weight excluding hydrogens is 296 g/mol. The van der Waals surface area contributed by atoms with Crippen LogP contribution >= 0.6 is 0 Å². The third-order valence-corrected chi connectivity index (χ3v) is 4.09. The fraction of sp³-hybridized carbons (Fsp3) is 0.136. The van der Waals surface area contributed by atoms with Crippen LogP contribution in [0.4, 0.5) is 0 Å². The molecule has 24 heavy (non-hydrogen) atoms. The first-order valence-electron chi connectivity index (χ1n) is 8.15. The van der Waals surface area contributed by atoms with Crippen molar-refractivity contribution in [1.82, 2.24) is 0 Å². The third kappa shape index (κ3) is 4.32. The van der Waals surface area contributed by atoms with Gasteiger partial charge in [0.25, 0.3) is 0 Å². The molecule has 0 spiro atoms. The largest absolute Gasteiger partial charge is 0.508 e. The molecule has 0 aliphatic heterocycles. The lowest BCUT2D eigenvalue weighted by Crippen LogP contribution is -2.04. The first-order chi connectivity index (χ1) is 11.7. The summed E-state index contributed by atoms with van der Waals surface area (Å²) in [6.07, 6.45) is 1.84. The van der Waals surface area contributed by atoms with Gasteiger partial charge in [0, 0.05) is 12.8 Å². The van der Waals surface area contributed by atoms with E-state index in [4.69, 9.17) is 0 Å². The standard InChI is InChI=1S/C22H20O2/c23-21-14-11-20(12-15-21)19-9-6-18(7-10-19)16-22(24)13-8-17-4-2-1-3-5-17/h1-7,9-12,14-15,23H,8,13,16H2. The highest BCUT2D eigenvalue weighted by molar-refractivity contribution is 5.81. The zero-order valence-electron chi connectivity index (χ0n) is 13.5. The summed E-state index contributed by atoms with van der Waals surface area (Å²) in [5.41, 5.74) is 4.37. The number of aryl methyl sites for hydroxylation is 1. The molecule has 0 aliphatic carbocycles. The van der Waals surface area contributed by atoms with Gasteiger partial charge in [-0.1, -0.05) is 66.7 Å². The SMILES string of the molecule is O=C(CCc1ccccc1)Cc1ccc(-c2ccc(O)cc2)cc1. The molecule has 2 heteroatoms. The van der Waals surface area contributed by atoms with Gasteiger partial charge in [0.05, 0.1) is 0 Å². The highest BCUT2D eigenvalue weighted by Gasteiger charge is 2.05. The Bertz CT molecular complexity index is 788. The Morgan fingerprint density at radius 1 is 0.708 bits per heavy atom. The van der Waals surface area contributed by atoms with Gasteiger partial charge in [-0.05, 0) is 40.8 Å². The molecular formula is C22H20O2. The number of benzene rings is 3. The minimum absolute atomic E-state index is 0.260. The van der Waals surface area contributed by atoms with Gasteiger partial charge < -0.3 is 5.11 Å². The first kappa shape index (κ1) is 16.0. The molecule has 120 valence electrons. The molecule has 0 bridgehead atoms. The van der Waals surface area contributed by atoms with Gasteiger partial charge in [-0.15, -0.1) is 0 Å². The number of Topliss-reactive ketones (excluding diaryl/α,β-unsaturated/α-hetero) is 1. The topological polar surface area (TPSA) is 37.3 Å². The van der Waals surface area contributed by atoms with Crippen LogP contribution in [0.3, 0.4) is 0 Å². The van der Waals surface area contributed by atoms with E-state index in [2.05, 4.69) is 12.1 Å². The summed E-state index contributed by atoms with van der Waals surface area (Å²) in [7, 11) is 0. The number of carbonyl (C=O) groups is 1. The number of phenols is 1. The highest BCUT2D eigenvalue weighted by atomic mass is 16.3. The molecule has 0 aromatic heterocycles. The lowest BCUT2D eigenvalue weighted by molar-refractivity contribution is -0.118. The van der Waals surface area contributed by atoms with Crippen molar-refractivity contribution in [3.63, 3.8) is 0 Å². The van der Waals surface area contributed by atoms with E-state index in [9.17, 15) is 9.90 Å². The van der Waals surface area contributed by atoms with Gasteiger partial charge in [-0.25, -0.2) is 0 Å². The lowest BCUT2D eigenvalue weighted by atomic mass is 9.99. The molecule has 3 aromatic rings. The summed E-state index contributed by atoms with van der Waals surface area (Å²) < 4.78 is 0. The van der Waals surface area contributed by atoms with Crippen LogP contribution in [0, 0.1) is 0 Å². The number of phenolic OH excluding ortho intramolecular Hbond substituents is 1. The van der Waals surface area contributed by atoms with Crippen LogP contribution in [0.15, 0.2) is 78.9 Å². The lowest BCUT2D eigenvalue weighted by Gasteiger charge is -2.05. The van der Waals surface area contributed by atoms with Crippen molar-refractivity contribution in [2.75, 3.05) is 0 Å². The first-order valence-corrected chi connectivity index (χ1v) is 8.15. The molecule has 1 N–H and O–H groups in total. The van der Waals surface area contributed by atoms with E-state index in [1.54, 1.807) is 12.1 Å². The second kappa shape index (κ2) is 7.60. The third-order valence-electron chi connectivity index (χ3n) is 4.09. The fourth-order valence-electron chi connectivity index (χ4n) is 2.71. The molecule has 2 nitrogen and oxygen atoms in total. The van der Waals surface area contributed by atoms with Gasteiger partial charge in [-0.3, -0.25) is 4.79 Å². The van der Waals surface area contributed by atoms with Crippen LogP contribution in [0.25, 0.3) is 11.1 Å². The summed E-state index contributed by atoms with van der Waals surface area (Å²) in [4.78, 5) is 12.2. The summed E-state index contributed by atoms with van der Waals surface area (Å²) in [6, 6.07) is 25.3. The zero-order valence-corrected chi connectivity index (χ0v) is 13.5. The molecule has 0 unspecified atom stereocenters. The molecule has 0 fully saturated rings. The van der Waals surface area contributed by atoms with Gasteiger partial charge in [-0.2, -0.15) is 0 Å². The predicted molar refractivity (Wildman–Crippen MR) is 97.0 cm³/mol. The molecule has 0 saturated carbocycles. The highest BCUT2D eigenvalue weighted by Crippen LogP contribution is 2.22. The molecule has 0 heterocycles. The average Bonchev–Trinajstić information content (AvgIpc) is 2.62. The minimum Gasteiger partial charge on any atom is -0.508 e. The Hall–Kier alpha value is -2.87. The summed E-state index contributed by atoms with van der Waals surface area (Å²) in [6.45, 7) is 0. The van der Waals surface area contributed by atoms with Crippen LogP contribution in [-0.4, -0.2) is 10.9 Å². The molecule has 0 aliphatic rings. The van der Waals surface area contributed by atoms with E-state index in [0.29, 0.717) is 12.8 Å². The van der Waals surface area contributed by atoms with Crippen molar-refractivity contribution in [3.05, 3.63) is 90.0 Å². The Balaban J connectivity index is 1.57. The van der Waals surface area contributed by atoms with Crippen molar-refractivity contribution in [1.29, 1.82) is 0 Å². The second-order valence-corrected chi connectivity index (χ2v) is 5.94. The van der Waals surface area contributed by atoms with Gasteiger partial charge in [0.2, 0.25) is 0 Å². The van der Waals surface area contributed by atoms with Crippen molar-refractivity contribution >= 4 is 5.78 Å². The number of rotatable bonds is 6. The average molecular weight is 316 g/mol. The normalized spacial score (nSPS) is 10.5. The number of hydrogen-bond donors (Lipinski definition) is 1. The van der Waals surface area contributed by atoms with E-state index in [1.807, 2.05) is 54.6 Å². The summed E-state index contributed by atoms with van der Waals surface area (Å²) in [5, 5.41) is 9.34. The second-order valence-electron chi connectivity index (χ2n) is 5.94. The van der Waals surface area contributed by atoms with E-state index in [-0.39, 0.29) is 11.5 Å². The van der Waals surface area contributed by atoms with Crippen LogP contribution in [-0.2, 0) is 17.6 Å². The maximum absolute atomic E-state index is 12.2. The van der Waals surface area contributed by atoms with Crippen LogP contribution in [0.5, 0.6) is 5.75 Å². The predicted octanol–water partition coefficient (Wildman–Crippen LogP) is 4.80. The Labute approximate surface area is 142 Å². The molecule has 0 radical (unpaired) electrons. The van der Waals surface area contributed by atoms with Crippen molar-refractivity contribution in [3.8, 4) is 16.9 Å². The van der Waals surface area contributed by atoms with Gasteiger partial charge >= 0.3 is 0 Å².